The van der Waals surface area contributed by atoms with Crippen LogP contribution in [0.4, 0.5) is 0 Å². The van der Waals surface area contributed by atoms with Gasteiger partial charge in [-0.05, 0) is 124 Å². The SMILES string of the molecule is CC(C)=CCC[C@](C)(O[C@@H]1O[C@H](CO[C@H]2OC[C@H](O[C@H]3OC[C@@H](O)[C@H](O)[C@H]3O)[C@H](O)[C@H]2O)[C@@H](O)[C@H](O)[C@H]1O)[C@H]1CC[C@]2(C)C1[C@H](O)CC1[C@@]3(C)CC[C@H](O[C@@H]4O[C@H](CO)[C@@H](O)[C@H](O)[C@H]4O[C@H]4O[C@H](CO)[C@@H](O)[C@H](O)[C@H]4O)C(C)(C)[C@@H]3CC[C@]12C. The van der Waals surface area contributed by atoms with Crippen molar-refractivity contribution in [3.63, 3.8) is 0 Å². The van der Waals surface area contributed by atoms with E-state index in [-0.39, 0.29) is 47.7 Å². The standard InChI is InChI=1S/C58H98O26/c1-24(2)10-9-14-58(8,84-52-47(74)42(69)39(66)30(81-52)22-76-49-45(72)40(67)31(23-77-49)80-50-44(71)36(63)27(62)21-75-50)25-11-16-57(7)35(25)26(61)18-33-55(5)15-13-34(54(3,4)32(55)12-17-56(33,57)6)82-53-48(43(70)38(65)29(20-60)79-53)83-51-46(73)41(68)37(64)28(19-59)78-51/h10,25-53,59-74H,9,11-23H2,1-8H3/t25-,26+,27+,28+,29+,30+,31-,32-,33?,34-,35?,36-,37+,38+,39+,40-,41-,42-,43-,44+,45+,46+,47+,48+,49-,50+,51+,52-,53-,55-,56+,57+,58-/m0/s1. The molecule has 26 nitrogen and oxygen atoms in total. The predicted octanol–water partition coefficient (Wildman–Crippen LogP) is -3.10. The van der Waals surface area contributed by atoms with Crippen molar-refractivity contribution in [2.24, 2.45) is 45.3 Å². The van der Waals surface area contributed by atoms with Crippen LogP contribution in [0.1, 0.15) is 113 Å². The molecule has 26 heteroatoms. The normalized spacial score (nSPS) is 53.0. The molecule has 2 unspecified atom stereocenters. The van der Waals surface area contributed by atoms with Crippen LogP contribution in [0.25, 0.3) is 0 Å². The minimum atomic E-state index is -1.82. The van der Waals surface area contributed by atoms with Gasteiger partial charge in [-0.3, -0.25) is 0 Å². The van der Waals surface area contributed by atoms with Gasteiger partial charge < -0.3 is 129 Å². The fourth-order valence-electron chi connectivity index (χ4n) is 17.2. The summed E-state index contributed by atoms with van der Waals surface area (Å²) in [7, 11) is 0. The van der Waals surface area contributed by atoms with Gasteiger partial charge in [0.15, 0.2) is 31.5 Å². The van der Waals surface area contributed by atoms with Crippen LogP contribution >= 0.6 is 0 Å². The number of hydrogen-bond donors (Lipinski definition) is 16. The highest BCUT2D eigenvalue weighted by molar-refractivity contribution is 5.21. The van der Waals surface area contributed by atoms with Crippen molar-refractivity contribution in [3.8, 4) is 0 Å². The number of aliphatic hydroxyl groups excluding tert-OH is 16. The summed E-state index contributed by atoms with van der Waals surface area (Å²) in [5.74, 6) is -0.533. The van der Waals surface area contributed by atoms with Gasteiger partial charge in [0.25, 0.3) is 0 Å². The average molecular weight is 1210 g/mol. The zero-order valence-electron chi connectivity index (χ0n) is 49.5. The van der Waals surface area contributed by atoms with E-state index in [9.17, 15) is 81.7 Å². The molecule has 16 N–H and O–H groups in total. The van der Waals surface area contributed by atoms with E-state index in [2.05, 4.69) is 40.7 Å². The van der Waals surface area contributed by atoms with E-state index in [0.29, 0.717) is 38.5 Å². The van der Waals surface area contributed by atoms with Crippen LogP contribution in [-0.2, 0) is 47.4 Å². The van der Waals surface area contributed by atoms with Crippen LogP contribution in [0.2, 0.25) is 0 Å². The summed E-state index contributed by atoms with van der Waals surface area (Å²) in [6, 6.07) is 0. The van der Waals surface area contributed by atoms with Crippen molar-refractivity contribution < 1.29 is 129 Å². The Morgan fingerprint density at radius 2 is 1.11 bits per heavy atom. The monoisotopic (exact) mass is 1210 g/mol. The molecule has 0 aromatic rings. The fourth-order valence-corrected chi connectivity index (χ4v) is 17.2. The van der Waals surface area contributed by atoms with Gasteiger partial charge in [-0.2, -0.15) is 0 Å². The van der Waals surface area contributed by atoms with E-state index in [1.165, 1.54) is 0 Å². The zero-order chi connectivity index (χ0) is 61.5. The summed E-state index contributed by atoms with van der Waals surface area (Å²) in [4.78, 5) is 0. The molecular weight excluding hydrogens is 1110 g/mol. The first-order valence-electron chi connectivity index (χ1n) is 30.2. The first kappa shape index (κ1) is 67.1. The lowest BCUT2D eigenvalue weighted by Gasteiger charge is -2.71. The minimum Gasteiger partial charge on any atom is -0.394 e. The van der Waals surface area contributed by atoms with Crippen LogP contribution in [0.3, 0.4) is 0 Å². The summed E-state index contributed by atoms with van der Waals surface area (Å²) in [5.41, 5.74) is -1.68. The van der Waals surface area contributed by atoms with Crippen LogP contribution in [0.15, 0.2) is 11.6 Å². The van der Waals surface area contributed by atoms with Crippen LogP contribution in [-0.4, -0.2) is 274 Å². The molecule has 486 valence electrons. The second-order valence-electron chi connectivity index (χ2n) is 27.7. The summed E-state index contributed by atoms with van der Waals surface area (Å²) in [5, 5.41) is 174. The highest BCUT2D eigenvalue weighted by Gasteiger charge is 2.72. The number of allylic oxidation sites excluding steroid dienone is 2. The van der Waals surface area contributed by atoms with Crippen molar-refractivity contribution >= 4 is 0 Å². The van der Waals surface area contributed by atoms with Gasteiger partial charge in [-0.15, -0.1) is 0 Å². The van der Waals surface area contributed by atoms with Gasteiger partial charge in [0, 0.05) is 0 Å². The Labute approximate surface area is 490 Å². The topological polar surface area (TPSA) is 416 Å². The summed E-state index contributed by atoms with van der Waals surface area (Å²) in [6.45, 7) is 14.5. The predicted molar refractivity (Wildman–Crippen MR) is 287 cm³/mol. The average Bonchev–Trinajstić information content (AvgIpc) is 1.25. The van der Waals surface area contributed by atoms with Crippen molar-refractivity contribution in [2.75, 3.05) is 33.0 Å². The van der Waals surface area contributed by atoms with Crippen molar-refractivity contribution in [3.05, 3.63) is 11.6 Å². The molecule has 5 saturated heterocycles. The Bertz CT molecular complexity index is 2210. The maximum absolute atomic E-state index is 12.9. The molecule has 0 radical (unpaired) electrons. The number of aliphatic hydroxyl groups is 16. The molecule has 4 aliphatic carbocycles. The molecule has 9 fully saturated rings. The van der Waals surface area contributed by atoms with Crippen LogP contribution in [0.5, 0.6) is 0 Å². The Kier molecular flexibility index (Phi) is 20.6. The van der Waals surface area contributed by atoms with E-state index in [1.807, 2.05) is 20.8 Å². The molecule has 0 bridgehead atoms. The Balaban J connectivity index is 0.895. The Hall–Kier alpha value is -1.30. The van der Waals surface area contributed by atoms with Crippen LogP contribution in [0, 0.1) is 45.3 Å². The molecule has 9 aliphatic rings. The quantitative estimate of drug-likeness (QED) is 0.0507. The third-order valence-corrected chi connectivity index (χ3v) is 22.2. The van der Waals surface area contributed by atoms with Crippen LogP contribution < -0.4 is 0 Å². The number of ether oxygens (including phenoxy) is 10. The van der Waals surface area contributed by atoms with Crippen molar-refractivity contribution in [1.82, 2.24) is 0 Å². The molecule has 5 heterocycles. The van der Waals surface area contributed by atoms with E-state index < -0.39 is 190 Å². The highest BCUT2D eigenvalue weighted by Crippen LogP contribution is 2.76. The molecule has 84 heavy (non-hydrogen) atoms. The van der Waals surface area contributed by atoms with E-state index in [1.54, 1.807) is 0 Å². The highest BCUT2D eigenvalue weighted by atomic mass is 16.8. The lowest BCUT2D eigenvalue weighted by atomic mass is 9.35. The Morgan fingerprint density at radius 3 is 1.76 bits per heavy atom. The third kappa shape index (κ3) is 12.0. The zero-order valence-corrected chi connectivity index (χ0v) is 49.5. The smallest absolute Gasteiger partial charge is 0.187 e. The van der Waals surface area contributed by atoms with E-state index in [0.717, 1.165) is 24.8 Å². The van der Waals surface area contributed by atoms with Gasteiger partial charge in [0.1, 0.15) is 110 Å². The first-order chi connectivity index (χ1) is 39.4. The maximum Gasteiger partial charge on any atom is 0.187 e. The van der Waals surface area contributed by atoms with Crippen molar-refractivity contribution in [1.29, 1.82) is 0 Å². The minimum absolute atomic E-state index is 0.0238. The van der Waals surface area contributed by atoms with E-state index >= 15 is 0 Å². The first-order valence-corrected chi connectivity index (χ1v) is 30.2. The molecule has 5 aliphatic heterocycles. The summed E-state index contributed by atoms with van der Waals surface area (Å²) < 4.78 is 60.3. The van der Waals surface area contributed by atoms with Crippen molar-refractivity contribution in [2.45, 2.75) is 272 Å². The fraction of sp³-hybridized carbons (Fsp3) is 0.966. The molecule has 4 saturated carbocycles. The number of rotatable bonds is 17. The number of fused-ring (bicyclic) bond motifs is 5. The number of hydrogen-bond acceptors (Lipinski definition) is 26. The van der Waals surface area contributed by atoms with E-state index in [4.69, 9.17) is 47.4 Å². The molecule has 0 amide bonds. The van der Waals surface area contributed by atoms with Gasteiger partial charge >= 0.3 is 0 Å². The third-order valence-electron chi connectivity index (χ3n) is 22.2. The lowest BCUT2D eigenvalue weighted by Crippen LogP contribution is -2.68. The van der Waals surface area contributed by atoms with Gasteiger partial charge in [-0.1, -0.05) is 46.3 Å². The largest absolute Gasteiger partial charge is 0.394 e. The molecule has 33 atom stereocenters. The lowest BCUT2D eigenvalue weighted by molar-refractivity contribution is -0.378. The second kappa shape index (κ2) is 25.8. The van der Waals surface area contributed by atoms with Gasteiger partial charge in [0.2, 0.25) is 0 Å². The second-order valence-corrected chi connectivity index (χ2v) is 27.7. The molecule has 9 rings (SSSR count). The van der Waals surface area contributed by atoms with Gasteiger partial charge in [0.05, 0.1) is 50.8 Å². The molecule has 0 aromatic carbocycles. The maximum atomic E-state index is 12.9. The summed E-state index contributed by atoms with van der Waals surface area (Å²) >= 11 is 0. The molecular formula is C58H98O26. The summed E-state index contributed by atoms with van der Waals surface area (Å²) in [6.07, 6.45) is -29.8. The Morgan fingerprint density at radius 1 is 0.536 bits per heavy atom. The molecule has 0 spiro atoms. The molecule has 0 aromatic heterocycles. The van der Waals surface area contributed by atoms with Gasteiger partial charge in [-0.25, -0.2) is 0 Å².